The molecule has 10 rings (SSSR count). The van der Waals surface area contributed by atoms with Crippen LogP contribution < -0.4 is 11.1 Å². The minimum atomic E-state index is -3.09. The van der Waals surface area contributed by atoms with Crippen LogP contribution in [0.1, 0.15) is 135 Å². The maximum Gasteiger partial charge on any atom is 0.569 e. The topological polar surface area (TPSA) is 188 Å². The number of alkyl carbamates (subject to hydrolysis) is 1. The number of Topliss-reactive ketones (excluding diaryl/α,β-unsaturated/α-hetero) is 2. The van der Waals surface area contributed by atoms with Gasteiger partial charge in [0.15, 0.2) is 21.6 Å². The summed E-state index contributed by atoms with van der Waals surface area (Å²) in [4.78, 5) is 48.5. The van der Waals surface area contributed by atoms with E-state index < -0.39 is 59.7 Å². The number of hydrogen-bond donors (Lipinski definition) is 3. The van der Waals surface area contributed by atoms with Gasteiger partial charge in [-0.25, -0.2) is 41.4 Å². The van der Waals surface area contributed by atoms with Crippen LogP contribution in [0.2, 0.25) is 0 Å². The molecule has 1 amide bonds. The van der Waals surface area contributed by atoms with Gasteiger partial charge >= 0.3 is 13.8 Å². The number of thiazole rings is 2. The molecule has 73 heavy (non-hydrogen) atoms. The zero-order chi connectivity index (χ0) is 52.1. The van der Waals surface area contributed by atoms with Crippen LogP contribution in [-0.2, 0) is 9.39 Å². The second kappa shape index (κ2) is 23.1. The maximum absolute atomic E-state index is 14.9. The van der Waals surface area contributed by atoms with Gasteiger partial charge in [-0.3, -0.25) is 9.59 Å². The molecule has 2 saturated carbocycles. The Labute approximate surface area is 437 Å². The van der Waals surface area contributed by atoms with Crippen molar-refractivity contribution < 1.29 is 46.4 Å². The Morgan fingerprint density at radius 1 is 0.822 bits per heavy atom. The van der Waals surface area contributed by atoms with Crippen LogP contribution in [0.15, 0.2) is 82.9 Å². The van der Waals surface area contributed by atoms with Gasteiger partial charge in [-0.1, -0.05) is 18.2 Å². The first-order valence-electron chi connectivity index (χ1n) is 24.4. The zero-order valence-electron chi connectivity index (χ0n) is 40.7. The van der Waals surface area contributed by atoms with Gasteiger partial charge in [0.05, 0.1) is 49.5 Å². The second-order valence-corrected chi connectivity index (χ2v) is 22.9. The van der Waals surface area contributed by atoms with Crippen LogP contribution in [-0.4, -0.2) is 89.1 Å². The van der Waals surface area contributed by atoms with Crippen molar-refractivity contribution >= 4 is 80.6 Å². The van der Waals surface area contributed by atoms with Gasteiger partial charge in [0.25, 0.3) is 11.8 Å². The van der Waals surface area contributed by atoms with Gasteiger partial charge in [-0.05, 0) is 130 Å². The van der Waals surface area contributed by atoms with Gasteiger partial charge in [0.2, 0.25) is 0 Å². The number of allylic oxidation sites excluding steroid dienone is 4. The number of pyridine rings is 2. The van der Waals surface area contributed by atoms with Crippen LogP contribution in [0.4, 0.5) is 22.4 Å². The number of nitrogens with two attached hydrogens (primary N) is 1. The molecule has 4 aliphatic carbocycles. The van der Waals surface area contributed by atoms with E-state index >= 15 is 0 Å². The van der Waals surface area contributed by atoms with E-state index in [9.17, 15) is 31.9 Å². The Balaban J connectivity index is 0.000000169. The van der Waals surface area contributed by atoms with Crippen molar-refractivity contribution in [3.05, 3.63) is 97.8 Å². The second-order valence-electron chi connectivity index (χ2n) is 19.6. The van der Waals surface area contributed by atoms with E-state index in [1.807, 2.05) is 48.7 Å². The molecule has 0 spiro atoms. The number of aromatic nitrogens is 6. The standard InChI is InChI=1S/C23H25BrF2N4O3S.C23H24F2N4OS.C5H8BO2/c1-22(2,3)33-21(32)28-15-7-6-9-23(25,26)14(15)11-17(31)20-29-18(19(24)34-20)13-12-27-30-10-5-4-8-16(13)30;24-23(25)10-5-8-17(26)16(23)12-19(30)22-28-20(21(31-22)14-6-1-2-7-14)15-13-27-29-11-4-3-9-18(15)29;7-6-8-5-3-1-2-4-5/h4-5,8,10,12,14-15H,6-7,9,11H2,1-3H3,(H,28,32);3-4,6,9,11,13,16-17H,1-2,5,7-8,10,12,26H2;3,7H,1-2,4H2/t14?,15-;16?,17-;/m11./s1. The molecule has 4 N–H and O–H groups in total. The van der Waals surface area contributed by atoms with Crippen molar-refractivity contribution in [2.45, 2.75) is 140 Å². The Kier molecular flexibility index (Phi) is 17.1. The van der Waals surface area contributed by atoms with Gasteiger partial charge in [-0.2, -0.15) is 10.2 Å². The number of nitrogens with zero attached hydrogens (tertiary/aromatic N) is 6. The van der Waals surface area contributed by atoms with Crippen LogP contribution in [0, 0.1) is 11.8 Å². The predicted octanol–water partition coefficient (Wildman–Crippen LogP) is 12.1. The van der Waals surface area contributed by atoms with E-state index in [0.29, 0.717) is 34.4 Å². The molecule has 1 radical (unpaired) electrons. The van der Waals surface area contributed by atoms with Crippen molar-refractivity contribution in [3.63, 3.8) is 0 Å². The number of hydrogen-bond acceptors (Lipinski definition) is 13. The number of carbonyl (C=O) groups excluding carboxylic acids is 3. The van der Waals surface area contributed by atoms with Crippen LogP contribution in [0.3, 0.4) is 0 Å². The first-order chi connectivity index (χ1) is 34.8. The Morgan fingerprint density at radius 3 is 1.99 bits per heavy atom. The fraction of sp³-hybridized carbons (Fsp3) is 0.471. The fourth-order valence-corrected chi connectivity index (χ4v) is 12.3. The van der Waals surface area contributed by atoms with Crippen molar-refractivity contribution in [3.8, 4) is 22.5 Å². The van der Waals surface area contributed by atoms with E-state index in [2.05, 4.69) is 47.5 Å². The SMILES string of the molecule is CC(C)(C)OC(=O)N[C@@H]1CCCC(F)(F)C1CC(=O)c1nc(-c2cnn3ccccc23)c(Br)s1.N[C@@H]1CCCC(F)(F)C1CC(=O)c1nc(-c2cnn3ccccc23)c(C2=CCCC2)s1.O[B]OC1=CCCC1. The molecule has 387 valence electrons. The lowest BCUT2D eigenvalue weighted by Gasteiger charge is -2.38. The summed E-state index contributed by atoms with van der Waals surface area (Å²) in [5.74, 6) is -8.42. The van der Waals surface area contributed by atoms with Crippen molar-refractivity contribution in [1.29, 1.82) is 0 Å². The van der Waals surface area contributed by atoms with Gasteiger partial charge in [0, 0.05) is 73.6 Å². The molecule has 2 unspecified atom stereocenters. The fourth-order valence-electron chi connectivity index (χ4n) is 9.66. The highest BCUT2D eigenvalue weighted by Gasteiger charge is 2.49. The van der Waals surface area contributed by atoms with Gasteiger partial charge < -0.3 is 25.5 Å². The number of halogens is 5. The highest BCUT2D eigenvalue weighted by atomic mass is 79.9. The van der Waals surface area contributed by atoms with Crippen molar-refractivity contribution in [1.82, 2.24) is 34.5 Å². The lowest BCUT2D eigenvalue weighted by molar-refractivity contribution is -0.0973. The minimum Gasteiger partial charge on any atom is -0.541 e. The molecule has 0 saturated heterocycles. The van der Waals surface area contributed by atoms with Crippen LogP contribution in [0.25, 0.3) is 39.1 Å². The van der Waals surface area contributed by atoms with E-state index in [-0.39, 0.29) is 41.5 Å². The van der Waals surface area contributed by atoms with Crippen molar-refractivity contribution in [2.75, 3.05) is 0 Å². The summed E-state index contributed by atoms with van der Waals surface area (Å²) in [6.07, 6.45) is 17.0. The molecule has 0 aromatic carbocycles. The molecule has 6 aromatic rings. The molecule has 2 fully saturated rings. The van der Waals surface area contributed by atoms with E-state index in [4.69, 9.17) is 20.1 Å². The lowest BCUT2D eigenvalue weighted by atomic mass is 9.78. The van der Waals surface area contributed by atoms with Gasteiger partial charge in [-0.15, -0.1) is 22.7 Å². The molecule has 22 heteroatoms. The first-order valence-corrected chi connectivity index (χ1v) is 26.8. The summed E-state index contributed by atoms with van der Waals surface area (Å²) >= 11 is 5.87. The molecular weight excluding hydrogens is 1050 g/mol. The van der Waals surface area contributed by atoms with Crippen LogP contribution >= 0.6 is 38.6 Å². The number of rotatable bonds is 12. The Hall–Kier alpha value is -5.29. The molecule has 4 aliphatic rings. The lowest BCUT2D eigenvalue weighted by Crippen LogP contribution is -2.52. The van der Waals surface area contributed by atoms with Crippen molar-refractivity contribution in [2.24, 2.45) is 17.6 Å². The number of carbonyl (C=O) groups is 3. The monoisotopic (exact) mass is 1110 g/mol. The first kappa shape index (κ1) is 54.0. The largest absolute Gasteiger partial charge is 0.569 e. The third-order valence-corrected chi connectivity index (χ3v) is 16.2. The molecule has 0 bridgehead atoms. The Bertz CT molecular complexity index is 3000. The number of nitrogens with one attached hydrogen (secondary N) is 1. The Morgan fingerprint density at radius 2 is 1.40 bits per heavy atom. The van der Waals surface area contributed by atoms with Crippen LogP contribution in [0.5, 0.6) is 0 Å². The number of fused-ring (bicyclic) bond motifs is 2. The minimum absolute atomic E-state index is 0.134. The average Bonchev–Trinajstić information content (AvgIpc) is 4.20. The predicted molar refractivity (Wildman–Crippen MR) is 277 cm³/mol. The highest BCUT2D eigenvalue weighted by molar-refractivity contribution is 9.11. The summed E-state index contributed by atoms with van der Waals surface area (Å²) in [7, 11) is 0.733. The molecule has 6 heterocycles. The quantitative estimate of drug-likeness (QED) is 0.0601. The normalized spacial score (nSPS) is 21.3. The molecule has 6 aromatic heterocycles. The summed E-state index contributed by atoms with van der Waals surface area (Å²) in [5, 5.41) is 19.8. The average molecular weight is 1110 g/mol. The number of amides is 1. The van der Waals surface area contributed by atoms with E-state index in [1.165, 1.54) is 16.9 Å². The summed E-state index contributed by atoms with van der Waals surface area (Å²) in [5.41, 5.74) is 10.9. The van der Waals surface area contributed by atoms with E-state index in [1.54, 1.807) is 48.4 Å². The third-order valence-electron chi connectivity index (χ3n) is 13.3. The van der Waals surface area contributed by atoms with Gasteiger partial charge in [0.1, 0.15) is 11.3 Å². The number of ether oxygens (including phenoxy) is 1. The highest BCUT2D eigenvalue weighted by Crippen LogP contribution is 2.45. The number of ketones is 2. The third kappa shape index (κ3) is 13.0. The molecule has 0 aliphatic heterocycles. The van der Waals surface area contributed by atoms with E-state index in [0.717, 1.165) is 90.3 Å². The maximum atomic E-state index is 14.9. The smallest absolute Gasteiger partial charge is 0.541 e. The summed E-state index contributed by atoms with van der Waals surface area (Å²) in [6, 6.07) is 9.85. The molecule has 14 nitrogen and oxygen atoms in total. The number of alkyl halides is 4. The molecular formula is C51H57BBrF4N8O6S2. The zero-order valence-corrected chi connectivity index (χ0v) is 43.9. The summed E-state index contributed by atoms with van der Waals surface area (Å²) in [6.45, 7) is 5.10. The molecule has 4 atom stereocenters. The summed E-state index contributed by atoms with van der Waals surface area (Å²) < 4.78 is 72.7.